The van der Waals surface area contributed by atoms with Crippen LogP contribution in [0, 0.1) is 11.3 Å². The molecule has 0 bridgehead atoms. The van der Waals surface area contributed by atoms with Crippen LogP contribution >= 0.6 is 0 Å². The number of nitrogens with zero attached hydrogens (tertiary/aromatic N) is 2. The molecule has 2 aromatic carbocycles. The standard InChI is InChI=1S/C28H38N2O4/c1-30(17-14-21-10-12-24(31-2)26(18-21)33-4)28(20-29)15-6-8-22(9-7-16-28)23-11-13-25(32-3)27(19-23)34-5/h10-13,18-19,22H,6-9,14-17H2,1-5H3. The van der Waals surface area contributed by atoms with Gasteiger partial charge in [0.05, 0.1) is 34.5 Å². The van der Waals surface area contributed by atoms with E-state index in [1.807, 2.05) is 18.2 Å². The van der Waals surface area contributed by atoms with Crippen molar-refractivity contribution >= 4 is 0 Å². The first-order chi connectivity index (χ1) is 16.5. The largest absolute Gasteiger partial charge is 0.493 e. The Hall–Kier alpha value is -2.91. The topological polar surface area (TPSA) is 64.0 Å². The van der Waals surface area contributed by atoms with Gasteiger partial charge in [0, 0.05) is 6.54 Å². The second-order valence-corrected chi connectivity index (χ2v) is 9.10. The molecule has 1 aliphatic carbocycles. The van der Waals surface area contributed by atoms with Crippen molar-refractivity contribution < 1.29 is 18.9 Å². The Kier molecular flexibility index (Phi) is 9.06. The highest BCUT2D eigenvalue weighted by Gasteiger charge is 2.35. The SMILES string of the molecule is COc1ccc(CCN(C)C2(C#N)CCCC(c3ccc(OC)c(OC)c3)CCC2)cc1OC. The molecule has 1 saturated carbocycles. The average Bonchev–Trinajstić information content (AvgIpc) is 2.87. The van der Waals surface area contributed by atoms with Crippen molar-refractivity contribution in [2.24, 2.45) is 0 Å². The van der Waals surface area contributed by atoms with Crippen LogP contribution in [0.1, 0.15) is 55.6 Å². The molecule has 0 aromatic heterocycles. The van der Waals surface area contributed by atoms with Crippen molar-refractivity contribution in [3.8, 4) is 29.1 Å². The summed E-state index contributed by atoms with van der Waals surface area (Å²) in [5, 5.41) is 10.2. The molecule has 0 aliphatic heterocycles. The summed E-state index contributed by atoms with van der Waals surface area (Å²) in [5.74, 6) is 3.50. The van der Waals surface area contributed by atoms with Gasteiger partial charge < -0.3 is 18.9 Å². The molecule has 0 saturated heterocycles. The summed E-state index contributed by atoms with van der Waals surface area (Å²) in [5.41, 5.74) is 2.06. The van der Waals surface area contributed by atoms with Crippen LogP contribution < -0.4 is 18.9 Å². The Bertz CT molecular complexity index is 975. The molecule has 0 atom stereocenters. The summed E-state index contributed by atoms with van der Waals surface area (Å²) in [6.45, 7) is 0.822. The van der Waals surface area contributed by atoms with Crippen LogP contribution in [0.4, 0.5) is 0 Å². The predicted molar refractivity (Wildman–Crippen MR) is 134 cm³/mol. The van der Waals surface area contributed by atoms with Gasteiger partial charge in [-0.1, -0.05) is 12.1 Å². The molecular weight excluding hydrogens is 428 g/mol. The van der Waals surface area contributed by atoms with Crippen LogP contribution in [0.2, 0.25) is 0 Å². The molecule has 6 heteroatoms. The summed E-state index contributed by atoms with van der Waals surface area (Å²) in [4.78, 5) is 2.26. The fourth-order valence-electron chi connectivity index (χ4n) is 5.12. The van der Waals surface area contributed by atoms with Crippen LogP contribution in [-0.2, 0) is 6.42 Å². The molecule has 1 fully saturated rings. The minimum absolute atomic E-state index is 0.418. The summed E-state index contributed by atoms with van der Waals surface area (Å²) in [7, 11) is 8.74. The Labute approximate surface area is 204 Å². The maximum absolute atomic E-state index is 10.2. The van der Waals surface area contributed by atoms with Gasteiger partial charge in [-0.25, -0.2) is 0 Å². The third-order valence-corrected chi connectivity index (χ3v) is 7.29. The molecule has 0 unspecified atom stereocenters. The Morgan fingerprint density at radius 1 is 0.853 bits per heavy atom. The zero-order chi connectivity index (χ0) is 24.6. The zero-order valence-corrected chi connectivity index (χ0v) is 21.2. The second-order valence-electron chi connectivity index (χ2n) is 9.10. The monoisotopic (exact) mass is 466 g/mol. The molecule has 0 spiro atoms. The van der Waals surface area contributed by atoms with Crippen LogP contribution in [0.15, 0.2) is 36.4 Å². The minimum Gasteiger partial charge on any atom is -0.493 e. The number of hydrogen-bond acceptors (Lipinski definition) is 6. The summed E-state index contributed by atoms with van der Waals surface area (Å²) in [6.07, 6.45) is 6.81. The van der Waals surface area contributed by atoms with Gasteiger partial charge in [0.1, 0.15) is 5.54 Å². The van der Waals surface area contributed by atoms with Crippen LogP contribution in [-0.4, -0.2) is 52.5 Å². The highest BCUT2D eigenvalue weighted by Crippen LogP contribution is 2.39. The third-order valence-electron chi connectivity index (χ3n) is 7.29. The van der Waals surface area contributed by atoms with Crippen molar-refractivity contribution in [1.82, 2.24) is 4.90 Å². The van der Waals surface area contributed by atoms with E-state index < -0.39 is 5.54 Å². The Balaban J connectivity index is 1.63. The Morgan fingerprint density at radius 2 is 1.41 bits per heavy atom. The number of benzene rings is 2. The van der Waals surface area contributed by atoms with E-state index in [9.17, 15) is 5.26 Å². The lowest BCUT2D eigenvalue weighted by Crippen LogP contribution is -2.46. The van der Waals surface area contributed by atoms with Crippen molar-refractivity contribution in [3.05, 3.63) is 47.5 Å². The van der Waals surface area contributed by atoms with Gasteiger partial charge in [-0.3, -0.25) is 4.90 Å². The van der Waals surface area contributed by atoms with Crippen molar-refractivity contribution in [1.29, 1.82) is 5.26 Å². The Morgan fingerprint density at radius 3 is 1.97 bits per heavy atom. The maximum atomic E-state index is 10.2. The molecule has 0 radical (unpaired) electrons. The summed E-state index contributed by atoms with van der Waals surface area (Å²) >= 11 is 0. The maximum Gasteiger partial charge on any atom is 0.160 e. The minimum atomic E-state index is -0.418. The van der Waals surface area contributed by atoms with E-state index in [0.29, 0.717) is 5.92 Å². The first-order valence-electron chi connectivity index (χ1n) is 12.1. The molecule has 34 heavy (non-hydrogen) atoms. The quantitative estimate of drug-likeness (QED) is 0.480. The first kappa shape index (κ1) is 25.7. The number of methoxy groups -OCH3 is 4. The molecule has 1 aliphatic rings. The highest BCUT2D eigenvalue weighted by atomic mass is 16.5. The number of rotatable bonds is 9. The average molecular weight is 467 g/mol. The van der Waals surface area contributed by atoms with Gasteiger partial charge >= 0.3 is 0 Å². The molecule has 6 nitrogen and oxygen atoms in total. The van der Waals surface area contributed by atoms with Gasteiger partial charge in [-0.05, 0) is 93.3 Å². The molecule has 3 rings (SSSR count). The number of nitriles is 1. The van der Waals surface area contributed by atoms with Crippen molar-refractivity contribution in [2.75, 3.05) is 42.0 Å². The first-order valence-corrected chi connectivity index (χ1v) is 12.1. The van der Waals surface area contributed by atoms with Crippen LogP contribution in [0.3, 0.4) is 0 Å². The van der Waals surface area contributed by atoms with E-state index in [1.54, 1.807) is 28.4 Å². The predicted octanol–water partition coefficient (Wildman–Crippen LogP) is 5.60. The van der Waals surface area contributed by atoms with Crippen LogP contribution in [0.5, 0.6) is 23.0 Å². The van der Waals surface area contributed by atoms with Crippen LogP contribution in [0.25, 0.3) is 0 Å². The molecule has 184 valence electrons. The van der Waals surface area contributed by atoms with E-state index in [0.717, 1.165) is 74.5 Å². The molecule has 2 aromatic rings. The third kappa shape index (κ3) is 5.77. The molecule has 0 N–H and O–H groups in total. The zero-order valence-electron chi connectivity index (χ0n) is 21.2. The lowest BCUT2D eigenvalue weighted by Gasteiger charge is -2.38. The van der Waals surface area contributed by atoms with Gasteiger partial charge in [0.2, 0.25) is 0 Å². The van der Waals surface area contributed by atoms with Gasteiger partial charge in [-0.2, -0.15) is 5.26 Å². The lowest BCUT2D eigenvalue weighted by atomic mass is 9.78. The van der Waals surface area contributed by atoms with E-state index in [2.05, 4.69) is 36.2 Å². The summed E-state index contributed by atoms with van der Waals surface area (Å²) in [6, 6.07) is 15.0. The van der Waals surface area contributed by atoms with E-state index in [4.69, 9.17) is 18.9 Å². The normalized spacial score (nSPS) is 20.7. The highest BCUT2D eigenvalue weighted by molar-refractivity contribution is 5.44. The summed E-state index contributed by atoms with van der Waals surface area (Å²) < 4.78 is 21.7. The number of hydrogen-bond donors (Lipinski definition) is 0. The smallest absolute Gasteiger partial charge is 0.160 e. The fourth-order valence-corrected chi connectivity index (χ4v) is 5.12. The van der Waals surface area contributed by atoms with Gasteiger partial charge in [0.15, 0.2) is 23.0 Å². The van der Waals surface area contributed by atoms with Gasteiger partial charge in [0.25, 0.3) is 0 Å². The lowest BCUT2D eigenvalue weighted by molar-refractivity contribution is 0.138. The fraction of sp³-hybridized carbons (Fsp3) is 0.536. The van der Waals surface area contributed by atoms with Crippen molar-refractivity contribution in [3.63, 3.8) is 0 Å². The van der Waals surface area contributed by atoms with E-state index >= 15 is 0 Å². The number of ether oxygens (including phenoxy) is 4. The number of likely N-dealkylation sites (N-methyl/N-ethyl adjacent to an activating group) is 1. The van der Waals surface area contributed by atoms with Crippen molar-refractivity contribution in [2.45, 2.75) is 56.4 Å². The molecular formula is C28H38N2O4. The van der Waals surface area contributed by atoms with Gasteiger partial charge in [-0.15, -0.1) is 0 Å². The van der Waals surface area contributed by atoms with E-state index in [1.165, 1.54) is 11.1 Å². The van der Waals surface area contributed by atoms with E-state index in [-0.39, 0.29) is 0 Å². The molecule has 0 heterocycles. The molecule has 0 amide bonds. The second kappa shape index (κ2) is 12.0.